The summed E-state index contributed by atoms with van der Waals surface area (Å²) in [5.41, 5.74) is 5.78. The molecule has 19 heavy (non-hydrogen) atoms. The van der Waals surface area contributed by atoms with Gasteiger partial charge in [0.2, 0.25) is 0 Å². The van der Waals surface area contributed by atoms with Crippen LogP contribution >= 0.6 is 11.3 Å². The topological polar surface area (TPSA) is 63.8 Å². The molecule has 0 spiro atoms. The monoisotopic (exact) mass is 276 g/mol. The molecule has 0 amide bonds. The molecule has 4 nitrogen and oxygen atoms in total. The Morgan fingerprint density at radius 1 is 1.37 bits per heavy atom. The Kier molecular flexibility index (Phi) is 4.37. The van der Waals surface area contributed by atoms with Crippen LogP contribution in [0.4, 0.5) is 11.6 Å². The van der Waals surface area contributed by atoms with Crippen LogP contribution in [0, 0.1) is 6.92 Å². The van der Waals surface area contributed by atoms with Crippen molar-refractivity contribution in [2.24, 2.45) is 0 Å². The largest absolute Gasteiger partial charge is 0.384 e. The number of nitrogens with zero attached hydrogens (tertiary/aromatic N) is 2. The molecule has 0 fully saturated rings. The Balaban J connectivity index is 2.02. The summed E-state index contributed by atoms with van der Waals surface area (Å²) in [5.74, 6) is 2.11. The van der Waals surface area contributed by atoms with Crippen LogP contribution in [0.15, 0.2) is 18.2 Å². The van der Waals surface area contributed by atoms with Crippen LogP contribution in [0.5, 0.6) is 0 Å². The summed E-state index contributed by atoms with van der Waals surface area (Å²) in [6.45, 7) is 6.31. The van der Waals surface area contributed by atoms with Gasteiger partial charge in [-0.2, -0.15) is 0 Å². The van der Waals surface area contributed by atoms with Gasteiger partial charge in [-0.25, -0.2) is 9.97 Å². The molecule has 1 atom stereocenters. The van der Waals surface area contributed by atoms with E-state index in [1.54, 1.807) is 6.07 Å². The first-order chi connectivity index (χ1) is 9.06. The van der Waals surface area contributed by atoms with Crippen molar-refractivity contribution in [3.63, 3.8) is 0 Å². The van der Waals surface area contributed by atoms with Crippen molar-refractivity contribution in [3.8, 4) is 0 Å². The molecule has 2 aromatic heterocycles. The zero-order valence-electron chi connectivity index (χ0n) is 11.6. The summed E-state index contributed by atoms with van der Waals surface area (Å²) >= 11 is 1.84. The molecule has 3 N–H and O–H groups in total. The Morgan fingerprint density at radius 2 is 2.16 bits per heavy atom. The normalized spacial score (nSPS) is 12.4. The number of rotatable bonds is 5. The molecular weight excluding hydrogens is 256 g/mol. The molecule has 1 unspecified atom stereocenters. The van der Waals surface area contributed by atoms with Crippen molar-refractivity contribution in [2.75, 3.05) is 11.1 Å². The minimum absolute atomic E-state index is 0.317. The summed E-state index contributed by atoms with van der Waals surface area (Å²) in [6.07, 6.45) is 1.78. The number of anilines is 2. The summed E-state index contributed by atoms with van der Waals surface area (Å²) in [7, 11) is 0. The van der Waals surface area contributed by atoms with Crippen LogP contribution in [-0.4, -0.2) is 16.0 Å². The standard InChI is InChI=1S/C14H20N4S/c1-4-13-17-12(15)8-14(18-13)16-9(2)7-11-6-5-10(3)19-11/h5-6,8-9H,4,7H2,1-3H3,(H3,15,16,17,18). The van der Waals surface area contributed by atoms with E-state index in [2.05, 4.69) is 41.3 Å². The van der Waals surface area contributed by atoms with Gasteiger partial charge in [0.05, 0.1) is 0 Å². The maximum absolute atomic E-state index is 5.78. The molecule has 0 aliphatic heterocycles. The van der Waals surface area contributed by atoms with Crippen molar-refractivity contribution < 1.29 is 0 Å². The third-order valence-corrected chi connectivity index (χ3v) is 3.83. The maximum atomic E-state index is 5.78. The first-order valence-corrected chi connectivity index (χ1v) is 7.33. The van der Waals surface area contributed by atoms with E-state index in [9.17, 15) is 0 Å². The number of hydrogen-bond donors (Lipinski definition) is 2. The fourth-order valence-electron chi connectivity index (χ4n) is 1.95. The van der Waals surface area contributed by atoms with Crippen molar-refractivity contribution in [3.05, 3.63) is 33.8 Å². The number of nitrogens with two attached hydrogens (primary N) is 1. The smallest absolute Gasteiger partial charge is 0.132 e. The molecule has 0 saturated heterocycles. The highest BCUT2D eigenvalue weighted by Gasteiger charge is 2.08. The fraction of sp³-hybridized carbons (Fsp3) is 0.429. The van der Waals surface area contributed by atoms with E-state index in [0.717, 1.165) is 24.5 Å². The second kappa shape index (κ2) is 6.02. The van der Waals surface area contributed by atoms with Crippen LogP contribution in [0.2, 0.25) is 0 Å². The molecule has 2 heterocycles. The Morgan fingerprint density at radius 3 is 2.79 bits per heavy atom. The van der Waals surface area contributed by atoms with Gasteiger partial charge in [0.1, 0.15) is 17.5 Å². The molecule has 2 aromatic rings. The van der Waals surface area contributed by atoms with Gasteiger partial charge in [0.25, 0.3) is 0 Å². The summed E-state index contributed by atoms with van der Waals surface area (Å²) < 4.78 is 0. The van der Waals surface area contributed by atoms with Gasteiger partial charge in [-0.05, 0) is 26.0 Å². The van der Waals surface area contributed by atoms with Crippen LogP contribution in [0.25, 0.3) is 0 Å². The van der Waals surface area contributed by atoms with Gasteiger partial charge in [-0.15, -0.1) is 11.3 Å². The van der Waals surface area contributed by atoms with E-state index in [-0.39, 0.29) is 0 Å². The quantitative estimate of drug-likeness (QED) is 0.881. The highest BCUT2D eigenvalue weighted by molar-refractivity contribution is 7.11. The molecule has 0 bridgehead atoms. The predicted octanol–water partition coefficient (Wildman–Crippen LogP) is 3.03. The van der Waals surface area contributed by atoms with Crippen molar-refractivity contribution in [1.82, 2.24) is 9.97 Å². The average Bonchev–Trinajstić information content (AvgIpc) is 2.73. The minimum Gasteiger partial charge on any atom is -0.384 e. The second-order valence-corrected chi connectivity index (χ2v) is 6.08. The van der Waals surface area contributed by atoms with E-state index < -0.39 is 0 Å². The molecule has 0 aromatic carbocycles. The minimum atomic E-state index is 0.317. The second-order valence-electron chi connectivity index (χ2n) is 4.71. The van der Waals surface area contributed by atoms with Gasteiger partial charge >= 0.3 is 0 Å². The Hall–Kier alpha value is -1.62. The molecule has 2 rings (SSSR count). The van der Waals surface area contributed by atoms with Crippen LogP contribution in [-0.2, 0) is 12.8 Å². The number of aromatic nitrogens is 2. The lowest BCUT2D eigenvalue weighted by molar-refractivity contribution is 0.789. The molecular formula is C14H20N4S. The number of nitrogen functional groups attached to an aromatic ring is 1. The molecule has 0 aliphatic rings. The number of nitrogens with one attached hydrogen (secondary N) is 1. The molecule has 5 heteroatoms. The van der Waals surface area contributed by atoms with E-state index in [1.807, 2.05) is 18.3 Å². The van der Waals surface area contributed by atoms with E-state index in [0.29, 0.717) is 11.9 Å². The predicted molar refractivity (Wildman–Crippen MR) is 81.7 cm³/mol. The van der Waals surface area contributed by atoms with Gasteiger partial charge in [-0.1, -0.05) is 6.92 Å². The van der Waals surface area contributed by atoms with Crippen molar-refractivity contribution in [1.29, 1.82) is 0 Å². The fourth-order valence-corrected chi connectivity index (χ4v) is 2.97. The highest BCUT2D eigenvalue weighted by Crippen LogP contribution is 2.18. The van der Waals surface area contributed by atoms with Gasteiger partial charge in [0.15, 0.2) is 0 Å². The zero-order chi connectivity index (χ0) is 13.8. The number of thiophene rings is 1. The molecule has 0 saturated carbocycles. The Bertz CT molecular complexity index is 550. The zero-order valence-corrected chi connectivity index (χ0v) is 12.4. The summed E-state index contributed by atoms with van der Waals surface area (Å²) in [5, 5.41) is 3.39. The van der Waals surface area contributed by atoms with Crippen LogP contribution in [0.3, 0.4) is 0 Å². The average molecular weight is 276 g/mol. The first-order valence-electron chi connectivity index (χ1n) is 6.52. The molecule has 102 valence electrons. The van der Waals surface area contributed by atoms with Gasteiger partial charge in [0, 0.05) is 34.7 Å². The first kappa shape index (κ1) is 13.8. The third kappa shape index (κ3) is 3.92. The van der Waals surface area contributed by atoms with E-state index >= 15 is 0 Å². The SMILES string of the molecule is CCc1nc(N)cc(NC(C)Cc2ccc(C)s2)n1. The number of aryl methyl sites for hydroxylation is 2. The van der Waals surface area contributed by atoms with Crippen LogP contribution in [0.1, 0.15) is 29.4 Å². The van der Waals surface area contributed by atoms with E-state index in [1.165, 1.54) is 9.75 Å². The Labute approximate surface area is 118 Å². The summed E-state index contributed by atoms with van der Waals surface area (Å²) in [4.78, 5) is 11.3. The lowest BCUT2D eigenvalue weighted by Gasteiger charge is -2.14. The molecule has 0 radical (unpaired) electrons. The van der Waals surface area contributed by atoms with Gasteiger partial charge < -0.3 is 11.1 Å². The maximum Gasteiger partial charge on any atom is 0.132 e. The highest BCUT2D eigenvalue weighted by atomic mass is 32.1. The number of hydrogen-bond acceptors (Lipinski definition) is 5. The summed E-state index contributed by atoms with van der Waals surface area (Å²) in [6, 6.07) is 6.45. The van der Waals surface area contributed by atoms with Crippen molar-refractivity contribution >= 4 is 23.0 Å². The lowest BCUT2D eigenvalue weighted by Crippen LogP contribution is -2.19. The van der Waals surface area contributed by atoms with E-state index in [4.69, 9.17) is 5.73 Å². The van der Waals surface area contributed by atoms with Crippen LogP contribution < -0.4 is 11.1 Å². The third-order valence-electron chi connectivity index (χ3n) is 2.81. The van der Waals surface area contributed by atoms with Gasteiger partial charge in [-0.3, -0.25) is 0 Å². The lowest BCUT2D eigenvalue weighted by atomic mass is 10.2. The van der Waals surface area contributed by atoms with Crippen molar-refractivity contribution in [2.45, 2.75) is 39.7 Å². The molecule has 0 aliphatic carbocycles.